The molecule has 0 fully saturated rings. The molecule has 0 bridgehead atoms. The topological polar surface area (TPSA) is 58.3 Å². The van der Waals surface area contributed by atoms with Gasteiger partial charge in [0.05, 0.1) is 0 Å². The largest absolute Gasteiger partial charge is 0.396 e. The van der Waals surface area contributed by atoms with Gasteiger partial charge in [-0.05, 0) is 26.3 Å². The van der Waals surface area contributed by atoms with E-state index in [1.54, 1.807) is 0 Å². The second-order valence-electron chi connectivity index (χ2n) is 2.61. The highest BCUT2D eigenvalue weighted by Crippen LogP contribution is 1.83. The van der Waals surface area contributed by atoms with E-state index in [9.17, 15) is 0 Å². The summed E-state index contributed by atoms with van der Waals surface area (Å²) in [5, 5.41) is 11.6. The van der Waals surface area contributed by atoms with E-state index in [1.165, 1.54) is 0 Å². The first-order valence-electron chi connectivity index (χ1n) is 3.84. The monoisotopic (exact) mass is 146 g/mol. The van der Waals surface area contributed by atoms with Crippen molar-refractivity contribution in [3.05, 3.63) is 0 Å². The Morgan fingerprint density at radius 2 is 2.20 bits per heavy atom. The van der Waals surface area contributed by atoms with Crippen molar-refractivity contribution in [2.24, 2.45) is 5.73 Å². The third-order valence-electron chi connectivity index (χ3n) is 1.23. The number of hydrogen-bond donors (Lipinski definition) is 3. The smallest absolute Gasteiger partial charge is 0.0431 e. The number of aliphatic hydroxyl groups is 1. The van der Waals surface area contributed by atoms with E-state index in [-0.39, 0.29) is 6.04 Å². The molecule has 62 valence electrons. The number of nitrogens with two attached hydrogens (primary N) is 1. The Labute approximate surface area is 62.6 Å². The SMILES string of the molecule is CC(N)CNCCCCO. The van der Waals surface area contributed by atoms with E-state index in [0.29, 0.717) is 6.61 Å². The van der Waals surface area contributed by atoms with Crippen LogP contribution in [0.3, 0.4) is 0 Å². The summed E-state index contributed by atoms with van der Waals surface area (Å²) in [5.74, 6) is 0. The van der Waals surface area contributed by atoms with Crippen molar-refractivity contribution in [1.82, 2.24) is 5.32 Å². The summed E-state index contributed by atoms with van der Waals surface area (Å²) in [6.45, 7) is 4.09. The van der Waals surface area contributed by atoms with Crippen LogP contribution in [0.1, 0.15) is 19.8 Å². The zero-order valence-corrected chi connectivity index (χ0v) is 6.64. The Balaban J connectivity index is 2.77. The van der Waals surface area contributed by atoms with Crippen molar-refractivity contribution >= 4 is 0 Å². The Hall–Kier alpha value is -0.120. The highest BCUT2D eigenvalue weighted by atomic mass is 16.2. The number of aliphatic hydroxyl groups excluding tert-OH is 1. The van der Waals surface area contributed by atoms with Gasteiger partial charge in [0, 0.05) is 19.2 Å². The molecule has 0 aromatic rings. The van der Waals surface area contributed by atoms with Gasteiger partial charge < -0.3 is 16.2 Å². The average molecular weight is 146 g/mol. The number of rotatable bonds is 6. The van der Waals surface area contributed by atoms with Gasteiger partial charge in [0.2, 0.25) is 0 Å². The molecule has 0 spiro atoms. The Bertz CT molecular complexity index is 66.6. The lowest BCUT2D eigenvalue weighted by Crippen LogP contribution is -2.31. The molecule has 1 unspecified atom stereocenters. The minimum Gasteiger partial charge on any atom is -0.396 e. The van der Waals surface area contributed by atoms with Crippen LogP contribution in [0.4, 0.5) is 0 Å². The molecule has 3 heteroatoms. The second kappa shape index (κ2) is 6.99. The van der Waals surface area contributed by atoms with Crippen LogP contribution in [-0.4, -0.2) is 30.8 Å². The lowest BCUT2D eigenvalue weighted by atomic mass is 10.3. The fraction of sp³-hybridized carbons (Fsp3) is 1.00. The van der Waals surface area contributed by atoms with Crippen LogP contribution in [-0.2, 0) is 0 Å². The Morgan fingerprint density at radius 3 is 2.70 bits per heavy atom. The lowest BCUT2D eigenvalue weighted by Gasteiger charge is -2.05. The van der Waals surface area contributed by atoms with Gasteiger partial charge in [-0.25, -0.2) is 0 Å². The van der Waals surface area contributed by atoms with Gasteiger partial charge >= 0.3 is 0 Å². The first kappa shape index (κ1) is 9.88. The molecular weight excluding hydrogens is 128 g/mol. The van der Waals surface area contributed by atoms with Gasteiger partial charge in [-0.3, -0.25) is 0 Å². The van der Waals surface area contributed by atoms with E-state index < -0.39 is 0 Å². The van der Waals surface area contributed by atoms with Crippen LogP contribution in [0.25, 0.3) is 0 Å². The Morgan fingerprint density at radius 1 is 1.50 bits per heavy atom. The zero-order chi connectivity index (χ0) is 7.82. The van der Waals surface area contributed by atoms with Gasteiger partial charge in [-0.1, -0.05) is 0 Å². The molecule has 10 heavy (non-hydrogen) atoms. The van der Waals surface area contributed by atoms with Crippen LogP contribution in [0.2, 0.25) is 0 Å². The third kappa shape index (κ3) is 7.88. The maximum Gasteiger partial charge on any atom is 0.0431 e. The van der Waals surface area contributed by atoms with Crippen molar-refractivity contribution in [1.29, 1.82) is 0 Å². The molecule has 1 atom stereocenters. The van der Waals surface area contributed by atoms with Crippen molar-refractivity contribution in [3.8, 4) is 0 Å². The molecule has 3 nitrogen and oxygen atoms in total. The van der Waals surface area contributed by atoms with Crippen molar-refractivity contribution in [3.63, 3.8) is 0 Å². The molecule has 0 radical (unpaired) electrons. The fourth-order valence-electron chi connectivity index (χ4n) is 0.692. The molecule has 0 aliphatic carbocycles. The van der Waals surface area contributed by atoms with Crippen LogP contribution >= 0.6 is 0 Å². The highest BCUT2D eigenvalue weighted by Gasteiger charge is 1.91. The second-order valence-corrected chi connectivity index (χ2v) is 2.61. The summed E-state index contributed by atoms with van der Waals surface area (Å²) in [7, 11) is 0. The van der Waals surface area contributed by atoms with E-state index >= 15 is 0 Å². The number of hydrogen-bond acceptors (Lipinski definition) is 3. The summed E-state index contributed by atoms with van der Waals surface area (Å²) in [5.41, 5.74) is 5.50. The van der Waals surface area contributed by atoms with E-state index in [0.717, 1.165) is 25.9 Å². The highest BCUT2D eigenvalue weighted by molar-refractivity contribution is 4.56. The average Bonchev–Trinajstić information content (AvgIpc) is 1.87. The standard InChI is InChI=1S/C7H18N2O/c1-7(8)6-9-4-2-3-5-10/h7,9-10H,2-6,8H2,1H3. The van der Waals surface area contributed by atoms with E-state index in [1.807, 2.05) is 6.92 Å². The molecule has 0 aromatic heterocycles. The minimum absolute atomic E-state index is 0.231. The van der Waals surface area contributed by atoms with E-state index in [4.69, 9.17) is 10.8 Å². The molecule has 4 N–H and O–H groups in total. The first-order valence-corrected chi connectivity index (χ1v) is 3.84. The van der Waals surface area contributed by atoms with Gasteiger partial charge in [-0.2, -0.15) is 0 Å². The fourth-order valence-corrected chi connectivity index (χ4v) is 0.692. The summed E-state index contributed by atoms with van der Waals surface area (Å²) >= 11 is 0. The molecule has 0 saturated heterocycles. The third-order valence-corrected chi connectivity index (χ3v) is 1.23. The summed E-state index contributed by atoms with van der Waals surface area (Å²) in [4.78, 5) is 0. The summed E-state index contributed by atoms with van der Waals surface area (Å²) in [6, 6.07) is 0.231. The van der Waals surface area contributed by atoms with Gasteiger partial charge in [-0.15, -0.1) is 0 Å². The molecule has 0 amide bonds. The van der Waals surface area contributed by atoms with Crippen molar-refractivity contribution < 1.29 is 5.11 Å². The number of unbranched alkanes of at least 4 members (excludes halogenated alkanes) is 1. The van der Waals surface area contributed by atoms with Crippen LogP contribution in [0, 0.1) is 0 Å². The van der Waals surface area contributed by atoms with Crippen molar-refractivity contribution in [2.75, 3.05) is 19.7 Å². The molecular formula is C7H18N2O. The molecule has 0 heterocycles. The molecule has 0 aliphatic heterocycles. The number of nitrogens with one attached hydrogen (secondary N) is 1. The van der Waals surface area contributed by atoms with E-state index in [2.05, 4.69) is 5.32 Å². The zero-order valence-electron chi connectivity index (χ0n) is 6.64. The van der Waals surface area contributed by atoms with Gasteiger partial charge in [0.1, 0.15) is 0 Å². The predicted molar refractivity (Wildman–Crippen MR) is 42.8 cm³/mol. The van der Waals surface area contributed by atoms with Crippen molar-refractivity contribution in [2.45, 2.75) is 25.8 Å². The predicted octanol–water partition coefficient (Wildman–Crippen LogP) is -0.304. The summed E-state index contributed by atoms with van der Waals surface area (Å²) < 4.78 is 0. The molecule has 0 aromatic carbocycles. The molecule has 0 rings (SSSR count). The molecule has 0 aliphatic rings. The van der Waals surface area contributed by atoms with Crippen LogP contribution in [0.5, 0.6) is 0 Å². The van der Waals surface area contributed by atoms with Crippen LogP contribution < -0.4 is 11.1 Å². The maximum absolute atomic E-state index is 8.42. The lowest BCUT2D eigenvalue weighted by molar-refractivity contribution is 0.283. The van der Waals surface area contributed by atoms with Crippen LogP contribution in [0.15, 0.2) is 0 Å². The molecule has 0 saturated carbocycles. The first-order chi connectivity index (χ1) is 4.77. The van der Waals surface area contributed by atoms with Gasteiger partial charge in [0.25, 0.3) is 0 Å². The van der Waals surface area contributed by atoms with Gasteiger partial charge in [0.15, 0.2) is 0 Å². The Kier molecular flexibility index (Phi) is 6.91. The quantitative estimate of drug-likeness (QED) is 0.451. The minimum atomic E-state index is 0.231. The normalized spacial score (nSPS) is 13.5. The maximum atomic E-state index is 8.42. The summed E-state index contributed by atoms with van der Waals surface area (Å²) in [6.07, 6.45) is 1.91.